The van der Waals surface area contributed by atoms with Crippen LogP contribution >= 0.6 is 23.1 Å². The Kier molecular flexibility index (Phi) is 4.92. The number of aryl methyl sites for hydroxylation is 1. The standard InChI is InChI=1S/C14H21NO2S2/c1-8-4-5-12(19-8)10-6-11(10)14(17)15-9(2)13(7-16)18-3/h4-5,9-11,13,16H,6-7H2,1-3H3,(H,15,17). The van der Waals surface area contributed by atoms with E-state index in [1.807, 2.05) is 13.2 Å². The fourth-order valence-corrected chi connectivity index (χ4v) is 3.99. The number of hydrogen-bond donors (Lipinski definition) is 2. The molecule has 0 bridgehead atoms. The molecule has 1 aliphatic carbocycles. The van der Waals surface area contributed by atoms with E-state index < -0.39 is 0 Å². The molecule has 4 unspecified atom stereocenters. The first-order valence-electron chi connectivity index (χ1n) is 6.57. The fraction of sp³-hybridized carbons (Fsp3) is 0.643. The summed E-state index contributed by atoms with van der Waals surface area (Å²) >= 11 is 3.38. The lowest BCUT2D eigenvalue weighted by Gasteiger charge is -2.21. The van der Waals surface area contributed by atoms with Crippen molar-refractivity contribution in [2.75, 3.05) is 12.9 Å². The van der Waals surface area contributed by atoms with E-state index in [4.69, 9.17) is 0 Å². The Morgan fingerprint density at radius 1 is 1.63 bits per heavy atom. The van der Waals surface area contributed by atoms with E-state index >= 15 is 0 Å². The molecule has 0 aliphatic heterocycles. The average molecular weight is 299 g/mol. The summed E-state index contributed by atoms with van der Waals surface area (Å²) in [7, 11) is 0. The highest BCUT2D eigenvalue weighted by molar-refractivity contribution is 7.99. The Balaban J connectivity index is 1.86. The molecule has 0 aromatic carbocycles. The summed E-state index contributed by atoms with van der Waals surface area (Å²) in [6, 6.07) is 4.27. The second-order valence-corrected chi connectivity index (χ2v) is 7.55. The van der Waals surface area contributed by atoms with Crippen molar-refractivity contribution in [1.29, 1.82) is 0 Å². The van der Waals surface area contributed by atoms with E-state index in [1.165, 1.54) is 9.75 Å². The number of nitrogens with one attached hydrogen (secondary N) is 1. The number of amides is 1. The molecule has 2 rings (SSSR count). The number of carbonyl (C=O) groups is 1. The van der Waals surface area contributed by atoms with Gasteiger partial charge in [0.25, 0.3) is 0 Å². The molecule has 4 atom stereocenters. The van der Waals surface area contributed by atoms with Crippen molar-refractivity contribution in [3.8, 4) is 0 Å². The number of thiophene rings is 1. The SMILES string of the molecule is CSC(CO)C(C)NC(=O)C1CC1c1ccc(C)s1. The summed E-state index contributed by atoms with van der Waals surface area (Å²) in [5.74, 6) is 0.672. The summed E-state index contributed by atoms with van der Waals surface area (Å²) in [5.41, 5.74) is 0. The van der Waals surface area contributed by atoms with Crippen molar-refractivity contribution in [2.45, 2.75) is 37.5 Å². The highest BCUT2D eigenvalue weighted by atomic mass is 32.2. The number of aliphatic hydroxyl groups is 1. The van der Waals surface area contributed by atoms with E-state index in [2.05, 4.69) is 24.4 Å². The van der Waals surface area contributed by atoms with Gasteiger partial charge >= 0.3 is 0 Å². The Hall–Kier alpha value is -0.520. The van der Waals surface area contributed by atoms with Crippen LogP contribution in [0.15, 0.2) is 12.1 Å². The maximum atomic E-state index is 12.1. The van der Waals surface area contributed by atoms with Gasteiger partial charge in [-0.05, 0) is 38.7 Å². The lowest BCUT2D eigenvalue weighted by Crippen LogP contribution is -2.42. The zero-order valence-electron chi connectivity index (χ0n) is 11.6. The molecule has 2 N–H and O–H groups in total. The third-order valence-corrected chi connectivity index (χ3v) is 5.96. The second kappa shape index (κ2) is 6.29. The van der Waals surface area contributed by atoms with Gasteiger partial charge in [-0.1, -0.05) is 0 Å². The van der Waals surface area contributed by atoms with Crippen molar-refractivity contribution in [3.63, 3.8) is 0 Å². The highest BCUT2D eigenvalue weighted by Gasteiger charge is 2.45. The Morgan fingerprint density at radius 3 is 2.89 bits per heavy atom. The molecule has 0 spiro atoms. The first-order valence-corrected chi connectivity index (χ1v) is 8.67. The summed E-state index contributed by atoms with van der Waals surface area (Å²) < 4.78 is 0. The van der Waals surface area contributed by atoms with Gasteiger partial charge in [0.15, 0.2) is 0 Å². The Morgan fingerprint density at radius 2 is 2.37 bits per heavy atom. The largest absolute Gasteiger partial charge is 0.395 e. The molecule has 19 heavy (non-hydrogen) atoms. The molecule has 1 amide bonds. The van der Waals surface area contributed by atoms with Crippen LogP contribution in [0.1, 0.15) is 29.0 Å². The van der Waals surface area contributed by atoms with Crippen LogP contribution in [0.4, 0.5) is 0 Å². The average Bonchev–Trinajstić information content (AvgIpc) is 3.07. The first-order chi connectivity index (χ1) is 9.06. The van der Waals surface area contributed by atoms with Gasteiger partial charge in [0.05, 0.1) is 6.61 Å². The van der Waals surface area contributed by atoms with Crippen LogP contribution in [-0.2, 0) is 4.79 Å². The van der Waals surface area contributed by atoms with E-state index in [-0.39, 0.29) is 29.7 Å². The van der Waals surface area contributed by atoms with Crippen molar-refractivity contribution in [2.24, 2.45) is 5.92 Å². The summed E-state index contributed by atoms with van der Waals surface area (Å²) in [4.78, 5) is 14.8. The number of hydrogen-bond acceptors (Lipinski definition) is 4. The van der Waals surface area contributed by atoms with Crippen molar-refractivity contribution >= 4 is 29.0 Å². The van der Waals surface area contributed by atoms with Gasteiger partial charge in [-0.25, -0.2) is 0 Å². The minimum atomic E-state index is 0.0128. The molecule has 0 radical (unpaired) electrons. The normalized spacial score (nSPS) is 24.8. The number of carbonyl (C=O) groups excluding carboxylic acids is 1. The molecular formula is C14H21NO2S2. The van der Waals surface area contributed by atoms with Crippen LogP contribution in [0.3, 0.4) is 0 Å². The molecule has 1 fully saturated rings. The Bertz CT molecular complexity index is 442. The number of rotatable bonds is 6. The topological polar surface area (TPSA) is 49.3 Å². The summed E-state index contributed by atoms with van der Waals surface area (Å²) in [6.07, 6.45) is 2.92. The molecular weight excluding hydrogens is 278 g/mol. The Labute approximate surface area is 122 Å². The van der Waals surface area contributed by atoms with Crippen LogP contribution < -0.4 is 5.32 Å². The van der Waals surface area contributed by atoms with E-state index in [0.29, 0.717) is 5.92 Å². The maximum Gasteiger partial charge on any atom is 0.224 e. The zero-order chi connectivity index (χ0) is 14.0. The quantitative estimate of drug-likeness (QED) is 0.848. The maximum absolute atomic E-state index is 12.1. The number of thioether (sulfide) groups is 1. The zero-order valence-corrected chi connectivity index (χ0v) is 13.2. The van der Waals surface area contributed by atoms with Crippen molar-refractivity contribution < 1.29 is 9.90 Å². The molecule has 1 saturated carbocycles. The molecule has 1 aromatic rings. The fourth-order valence-electron chi connectivity index (χ4n) is 2.31. The van der Waals surface area contributed by atoms with Crippen molar-refractivity contribution in [1.82, 2.24) is 5.32 Å². The predicted octanol–water partition coefficient (Wildman–Crippen LogP) is 2.39. The van der Waals surface area contributed by atoms with E-state index in [0.717, 1.165) is 6.42 Å². The smallest absolute Gasteiger partial charge is 0.224 e. The number of aliphatic hydroxyl groups excluding tert-OH is 1. The van der Waals surface area contributed by atoms with E-state index in [1.54, 1.807) is 23.1 Å². The minimum absolute atomic E-state index is 0.0128. The molecule has 1 heterocycles. The van der Waals surface area contributed by atoms with Crippen LogP contribution in [0.25, 0.3) is 0 Å². The van der Waals surface area contributed by atoms with Gasteiger partial charge in [0.2, 0.25) is 5.91 Å². The van der Waals surface area contributed by atoms with Gasteiger partial charge in [0, 0.05) is 32.9 Å². The molecule has 1 aliphatic rings. The van der Waals surface area contributed by atoms with Crippen LogP contribution in [-0.4, -0.2) is 35.2 Å². The van der Waals surface area contributed by atoms with Crippen molar-refractivity contribution in [3.05, 3.63) is 21.9 Å². The highest BCUT2D eigenvalue weighted by Crippen LogP contribution is 2.49. The van der Waals surface area contributed by atoms with Gasteiger partial charge in [0.1, 0.15) is 0 Å². The van der Waals surface area contributed by atoms with E-state index in [9.17, 15) is 9.90 Å². The lowest BCUT2D eigenvalue weighted by molar-refractivity contribution is -0.123. The van der Waals surface area contributed by atoms with Crippen LogP contribution in [0.2, 0.25) is 0 Å². The molecule has 5 heteroatoms. The summed E-state index contributed by atoms with van der Waals surface area (Å²) in [6.45, 7) is 4.15. The van der Waals surface area contributed by atoms with Crippen LogP contribution in [0, 0.1) is 12.8 Å². The summed E-state index contributed by atoms with van der Waals surface area (Å²) in [5, 5.41) is 12.3. The predicted molar refractivity (Wildman–Crippen MR) is 81.9 cm³/mol. The molecule has 106 valence electrons. The molecule has 1 aromatic heterocycles. The van der Waals surface area contributed by atoms with Crippen LogP contribution in [0.5, 0.6) is 0 Å². The monoisotopic (exact) mass is 299 g/mol. The molecule has 0 saturated heterocycles. The third-order valence-electron chi connectivity index (χ3n) is 3.66. The third kappa shape index (κ3) is 3.52. The second-order valence-electron chi connectivity index (χ2n) is 5.15. The van der Waals surface area contributed by atoms with Gasteiger partial charge in [-0.15, -0.1) is 11.3 Å². The molecule has 3 nitrogen and oxygen atoms in total. The lowest BCUT2D eigenvalue weighted by atomic mass is 10.2. The van der Waals surface area contributed by atoms with Gasteiger partial charge < -0.3 is 10.4 Å². The first kappa shape index (κ1) is 14.9. The van der Waals surface area contributed by atoms with Gasteiger partial charge in [-0.2, -0.15) is 11.8 Å². The minimum Gasteiger partial charge on any atom is -0.395 e. The van der Waals surface area contributed by atoms with Gasteiger partial charge in [-0.3, -0.25) is 4.79 Å².